The molecule has 2 N–H and O–H groups in total. The lowest BCUT2D eigenvalue weighted by atomic mass is 10.2. The van der Waals surface area contributed by atoms with Crippen molar-refractivity contribution >= 4 is 28.5 Å². The summed E-state index contributed by atoms with van der Waals surface area (Å²) >= 11 is 1.29. The van der Waals surface area contributed by atoms with E-state index < -0.39 is 12.0 Å². The molecular formula is C10H15N3O3S. The first-order valence-corrected chi connectivity index (χ1v) is 6.04. The normalized spacial score (nSPS) is 10.3. The summed E-state index contributed by atoms with van der Waals surface area (Å²) in [4.78, 5) is 27.6. The molecule has 7 heteroatoms. The molecule has 0 bridgehead atoms. The number of rotatable bonds is 5. The highest BCUT2D eigenvalue weighted by Gasteiger charge is 2.18. The van der Waals surface area contributed by atoms with E-state index in [-0.39, 0.29) is 12.5 Å². The molecule has 0 spiro atoms. The van der Waals surface area contributed by atoms with E-state index >= 15 is 0 Å². The largest absolute Gasteiger partial charge is 0.480 e. The third kappa shape index (κ3) is 4.81. The number of carbonyl (C=O) groups excluding carboxylic acids is 1. The summed E-state index contributed by atoms with van der Waals surface area (Å²) in [5, 5.41) is 13.5. The molecule has 0 atom stereocenters. The van der Waals surface area contributed by atoms with Gasteiger partial charge in [-0.05, 0) is 5.92 Å². The molecule has 0 radical (unpaired) electrons. The van der Waals surface area contributed by atoms with Crippen LogP contribution in [-0.4, -0.2) is 40.1 Å². The van der Waals surface area contributed by atoms with E-state index in [0.717, 1.165) is 0 Å². The van der Waals surface area contributed by atoms with Crippen molar-refractivity contribution < 1.29 is 14.7 Å². The molecular weight excluding hydrogens is 242 g/mol. The zero-order valence-corrected chi connectivity index (χ0v) is 10.5. The van der Waals surface area contributed by atoms with Gasteiger partial charge in [-0.15, -0.1) is 11.3 Å². The summed E-state index contributed by atoms with van der Waals surface area (Å²) < 4.78 is 0. The van der Waals surface area contributed by atoms with Crippen molar-refractivity contribution in [1.29, 1.82) is 0 Å². The number of thiazole rings is 1. The van der Waals surface area contributed by atoms with Gasteiger partial charge in [0.1, 0.15) is 6.54 Å². The van der Waals surface area contributed by atoms with E-state index in [1.54, 1.807) is 11.6 Å². The number of amides is 2. The zero-order chi connectivity index (χ0) is 12.8. The fourth-order valence-electron chi connectivity index (χ4n) is 1.28. The van der Waals surface area contributed by atoms with Crippen molar-refractivity contribution in [2.75, 3.05) is 18.4 Å². The summed E-state index contributed by atoms with van der Waals surface area (Å²) in [6.45, 7) is 3.93. The van der Waals surface area contributed by atoms with Crippen LogP contribution in [0, 0.1) is 5.92 Å². The Hall–Kier alpha value is -1.63. The van der Waals surface area contributed by atoms with Gasteiger partial charge in [0.2, 0.25) is 0 Å². The molecule has 0 fully saturated rings. The Morgan fingerprint density at radius 3 is 2.76 bits per heavy atom. The molecule has 1 rings (SSSR count). The fraction of sp³-hybridized carbons (Fsp3) is 0.500. The first kappa shape index (κ1) is 13.4. The molecule has 1 aromatic heterocycles. The molecule has 0 aliphatic heterocycles. The molecule has 0 aliphatic rings. The molecule has 17 heavy (non-hydrogen) atoms. The standard InChI is InChI=1S/C10H15N3O3S/c1-7(2)5-13(6-8(14)15)10(16)12-9-11-3-4-17-9/h3-4,7H,5-6H2,1-2H3,(H,14,15)(H,11,12,16). The number of carbonyl (C=O) groups is 2. The number of urea groups is 1. The second kappa shape index (κ2) is 6.19. The van der Waals surface area contributed by atoms with Gasteiger partial charge in [0, 0.05) is 18.1 Å². The average Bonchev–Trinajstić information content (AvgIpc) is 2.67. The maximum absolute atomic E-state index is 11.8. The minimum absolute atomic E-state index is 0.205. The lowest BCUT2D eigenvalue weighted by Gasteiger charge is -2.22. The topological polar surface area (TPSA) is 82.5 Å². The molecule has 1 heterocycles. The summed E-state index contributed by atoms with van der Waals surface area (Å²) in [6.07, 6.45) is 1.57. The van der Waals surface area contributed by atoms with Gasteiger partial charge in [0.05, 0.1) is 0 Å². The predicted octanol–water partition coefficient (Wildman–Crippen LogP) is 1.72. The number of hydrogen-bond acceptors (Lipinski definition) is 4. The van der Waals surface area contributed by atoms with Gasteiger partial charge in [0.25, 0.3) is 0 Å². The number of aliphatic carboxylic acids is 1. The number of carboxylic acid groups (broad SMARTS) is 1. The van der Waals surface area contributed by atoms with Crippen LogP contribution in [0.3, 0.4) is 0 Å². The Morgan fingerprint density at radius 2 is 2.29 bits per heavy atom. The van der Waals surface area contributed by atoms with E-state index in [1.807, 2.05) is 13.8 Å². The van der Waals surface area contributed by atoms with Gasteiger partial charge in [0.15, 0.2) is 5.13 Å². The third-order valence-electron chi connectivity index (χ3n) is 1.85. The lowest BCUT2D eigenvalue weighted by Crippen LogP contribution is -2.40. The van der Waals surface area contributed by atoms with Crippen molar-refractivity contribution in [2.24, 2.45) is 5.92 Å². The zero-order valence-electron chi connectivity index (χ0n) is 9.71. The van der Waals surface area contributed by atoms with Gasteiger partial charge in [-0.1, -0.05) is 13.8 Å². The minimum atomic E-state index is -1.03. The highest BCUT2D eigenvalue weighted by molar-refractivity contribution is 7.13. The summed E-state index contributed by atoms with van der Waals surface area (Å²) in [5.41, 5.74) is 0. The van der Waals surface area contributed by atoms with Crippen molar-refractivity contribution in [3.8, 4) is 0 Å². The van der Waals surface area contributed by atoms with Crippen LogP contribution in [0.4, 0.5) is 9.93 Å². The molecule has 0 aromatic carbocycles. The Morgan fingerprint density at radius 1 is 1.59 bits per heavy atom. The fourth-order valence-corrected chi connectivity index (χ4v) is 1.80. The van der Waals surface area contributed by atoms with Crippen LogP contribution >= 0.6 is 11.3 Å². The molecule has 1 aromatic rings. The first-order valence-electron chi connectivity index (χ1n) is 5.16. The molecule has 2 amide bonds. The van der Waals surface area contributed by atoms with Crippen LogP contribution < -0.4 is 5.32 Å². The second-order valence-electron chi connectivity index (χ2n) is 3.94. The van der Waals surface area contributed by atoms with Crippen LogP contribution in [0.25, 0.3) is 0 Å². The van der Waals surface area contributed by atoms with E-state index in [9.17, 15) is 9.59 Å². The molecule has 6 nitrogen and oxygen atoms in total. The molecule has 0 saturated carbocycles. The lowest BCUT2D eigenvalue weighted by molar-refractivity contribution is -0.137. The predicted molar refractivity (Wildman–Crippen MR) is 65.2 cm³/mol. The number of aromatic nitrogens is 1. The smallest absolute Gasteiger partial charge is 0.324 e. The minimum Gasteiger partial charge on any atom is -0.480 e. The van der Waals surface area contributed by atoms with Gasteiger partial charge < -0.3 is 10.0 Å². The maximum Gasteiger partial charge on any atom is 0.324 e. The van der Waals surface area contributed by atoms with E-state index in [1.165, 1.54) is 16.2 Å². The maximum atomic E-state index is 11.8. The van der Waals surface area contributed by atoms with E-state index in [4.69, 9.17) is 5.11 Å². The molecule has 0 aliphatic carbocycles. The Kier molecular flexibility index (Phi) is 4.89. The summed E-state index contributed by atoms with van der Waals surface area (Å²) in [6, 6.07) is -0.434. The number of nitrogens with one attached hydrogen (secondary N) is 1. The van der Waals surface area contributed by atoms with Crippen LogP contribution in [0.5, 0.6) is 0 Å². The van der Waals surface area contributed by atoms with Gasteiger partial charge >= 0.3 is 12.0 Å². The third-order valence-corrected chi connectivity index (χ3v) is 2.53. The first-order chi connectivity index (χ1) is 7.99. The average molecular weight is 257 g/mol. The summed E-state index contributed by atoms with van der Waals surface area (Å²) in [7, 11) is 0. The van der Waals surface area contributed by atoms with Gasteiger partial charge in [-0.25, -0.2) is 9.78 Å². The molecule has 0 unspecified atom stereocenters. The SMILES string of the molecule is CC(C)CN(CC(=O)O)C(=O)Nc1nccs1. The van der Waals surface area contributed by atoms with Crippen LogP contribution in [0.1, 0.15) is 13.8 Å². The number of hydrogen-bond donors (Lipinski definition) is 2. The second-order valence-corrected chi connectivity index (χ2v) is 4.83. The molecule has 0 saturated heterocycles. The Labute approximate surface area is 103 Å². The molecule has 94 valence electrons. The van der Waals surface area contributed by atoms with Gasteiger partial charge in [-0.2, -0.15) is 0 Å². The number of anilines is 1. The summed E-state index contributed by atoms with van der Waals surface area (Å²) in [5.74, 6) is -0.823. The van der Waals surface area contributed by atoms with Crippen molar-refractivity contribution in [3.05, 3.63) is 11.6 Å². The van der Waals surface area contributed by atoms with Gasteiger partial charge in [-0.3, -0.25) is 10.1 Å². The monoisotopic (exact) mass is 257 g/mol. The number of nitrogens with zero attached hydrogens (tertiary/aromatic N) is 2. The Balaban J connectivity index is 2.61. The van der Waals surface area contributed by atoms with Crippen molar-refractivity contribution in [1.82, 2.24) is 9.88 Å². The van der Waals surface area contributed by atoms with Crippen molar-refractivity contribution in [3.63, 3.8) is 0 Å². The van der Waals surface area contributed by atoms with Crippen LogP contribution in [0.2, 0.25) is 0 Å². The quantitative estimate of drug-likeness (QED) is 0.841. The highest BCUT2D eigenvalue weighted by atomic mass is 32.1. The highest BCUT2D eigenvalue weighted by Crippen LogP contribution is 2.11. The Bertz CT molecular complexity index is 378. The van der Waals surface area contributed by atoms with Crippen molar-refractivity contribution in [2.45, 2.75) is 13.8 Å². The van der Waals surface area contributed by atoms with Crippen LogP contribution in [-0.2, 0) is 4.79 Å². The van der Waals surface area contributed by atoms with E-state index in [2.05, 4.69) is 10.3 Å². The van der Waals surface area contributed by atoms with E-state index in [0.29, 0.717) is 11.7 Å². The number of carboxylic acids is 1. The van der Waals surface area contributed by atoms with Crippen LogP contribution in [0.15, 0.2) is 11.6 Å².